The zero-order chi connectivity index (χ0) is 40.0. The molecule has 5 nitrogen and oxygen atoms in total. The van der Waals surface area contributed by atoms with E-state index in [0.717, 1.165) is 66.5 Å². The molecule has 0 saturated heterocycles. The lowest BCUT2D eigenvalue weighted by Gasteiger charge is -2.13. The number of aromatic nitrogens is 4. The van der Waals surface area contributed by atoms with Gasteiger partial charge in [0.2, 0.25) is 0 Å². The van der Waals surface area contributed by atoms with Crippen LogP contribution >= 0.6 is 11.3 Å². The van der Waals surface area contributed by atoms with Crippen LogP contribution in [0.15, 0.2) is 199 Å². The third kappa shape index (κ3) is 5.43. The van der Waals surface area contributed by atoms with Crippen molar-refractivity contribution >= 4 is 86.0 Å². The van der Waals surface area contributed by atoms with Crippen LogP contribution < -0.4 is 0 Å². The van der Waals surface area contributed by atoms with Gasteiger partial charge in [-0.15, -0.1) is 11.3 Å². The van der Waals surface area contributed by atoms with Crippen molar-refractivity contribution in [2.75, 3.05) is 0 Å². The number of fused-ring (bicyclic) bond motifs is 10. The Labute approximate surface area is 353 Å². The first-order valence-electron chi connectivity index (χ1n) is 20.4. The maximum atomic E-state index is 6.74. The van der Waals surface area contributed by atoms with Crippen LogP contribution in [-0.4, -0.2) is 19.5 Å². The molecule has 0 aliphatic heterocycles. The molecule has 0 radical (unpaired) electrons. The van der Waals surface area contributed by atoms with Gasteiger partial charge in [-0.25, -0.2) is 15.0 Å². The average Bonchev–Trinajstić information content (AvgIpc) is 3.99. The van der Waals surface area contributed by atoms with E-state index in [1.54, 1.807) is 11.3 Å². The van der Waals surface area contributed by atoms with E-state index in [2.05, 4.69) is 180 Å². The molecule has 0 aliphatic carbocycles. The molecule has 0 aliphatic rings. The molecule has 0 amide bonds. The fourth-order valence-electron chi connectivity index (χ4n) is 9.17. The molecule has 0 fully saturated rings. The van der Waals surface area contributed by atoms with Crippen LogP contribution in [0.3, 0.4) is 0 Å². The van der Waals surface area contributed by atoms with Gasteiger partial charge in [0.1, 0.15) is 11.2 Å². The summed E-state index contributed by atoms with van der Waals surface area (Å²) in [7, 11) is 0. The minimum absolute atomic E-state index is 0.575. The fraction of sp³-hybridized carbons (Fsp3) is 0. The molecule has 61 heavy (non-hydrogen) atoms. The van der Waals surface area contributed by atoms with Crippen molar-refractivity contribution in [3.63, 3.8) is 0 Å². The SMILES string of the molecule is c1ccc(-c2cccc(-c3nc(-c4ccc5c(c4)sc4ccccc45)nc(-c4cc(-n5c6ccccc6c6cc7ccccc7cc65)cc5oc6ccccc6c45)n3)c2)cc1. The number of hydrogen-bond donors (Lipinski definition) is 0. The quantitative estimate of drug-likeness (QED) is 0.174. The number of hydrogen-bond acceptors (Lipinski definition) is 5. The first kappa shape index (κ1) is 34.0. The summed E-state index contributed by atoms with van der Waals surface area (Å²) in [6.07, 6.45) is 0. The second-order valence-electron chi connectivity index (χ2n) is 15.6. The third-order valence-corrected chi connectivity index (χ3v) is 13.1. The summed E-state index contributed by atoms with van der Waals surface area (Å²) in [5, 5.41) is 9.24. The molecule has 4 heterocycles. The molecule has 9 aromatic carbocycles. The van der Waals surface area contributed by atoms with Crippen LogP contribution in [-0.2, 0) is 0 Å². The lowest BCUT2D eigenvalue weighted by Crippen LogP contribution is -2.02. The number of benzene rings is 9. The number of para-hydroxylation sites is 2. The molecule has 0 N–H and O–H groups in total. The van der Waals surface area contributed by atoms with E-state index in [1.165, 1.54) is 41.7 Å². The van der Waals surface area contributed by atoms with Gasteiger partial charge in [-0.1, -0.05) is 140 Å². The van der Waals surface area contributed by atoms with Crippen molar-refractivity contribution in [3.05, 3.63) is 194 Å². The molecule has 0 spiro atoms. The predicted octanol–water partition coefficient (Wildman–Crippen LogP) is 15.1. The summed E-state index contributed by atoms with van der Waals surface area (Å²) in [4.78, 5) is 16.0. The Hall–Kier alpha value is -7.93. The van der Waals surface area contributed by atoms with Crippen molar-refractivity contribution < 1.29 is 4.42 Å². The van der Waals surface area contributed by atoms with Crippen molar-refractivity contribution in [2.24, 2.45) is 0 Å². The van der Waals surface area contributed by atoms with E-state index in [0.29, 0.717) is 17.5 Å². The maximum absolute atomic E-state index is 6.74. The summed E-state index contributed by atoms with van der Waals surface area (Å²) in [6.45, 7) is 0. The molecule has 13 aromatic rings. The highest BCUT2D eigenvalue weighted by Gasteiger charge is 2.22. The van der Waals surface area contributed by atoms with Gasteiger partial charge in [0.25, 0.3) is 0 Å². The smallest absolute Gasteiger partial charge is 0.164 e. The Bertz CT molecular complexity index is 3900. The van der Waals surface area contributed by atoms with Gasteiger partial charge in [-0.2, -0.15) is 0 Å². The zero-order valence-electron chi connectivity index (χ0n) is 32.6. The molecule has 0 bridgehead atoms. The summed E-state index contributed by atoms with van der Waals surface area (Å²) >= 11 is 1.79. The number of nitrogens with zero attached hydrogens (tertiary/aromatic N) is 4. The van der Waals surface area contributed by atoms with E-state index in [4.69, 9.17) is 19.4 Å². The van der Waals surface area contributed by atoms with E-state index in [9.17, 15) is 0 Å². The highest BCUT2D eigenvalue weighted by atomic mass is 32.1. The molecule has 0 unspecified atom stereocenters. The second kappa shape index (κ2) is 13.3. The molecule has 284 valence electrons. The fourth-order valence-corrected chi connectivity index (χ4v) is 10.3. The van der Waals surface area contributed by atoms with E-state index in [1.807, 2.05) is 18.2 Å². The topological polar surface area (TPSA) is 56.7 Å². The standard InChI is InChI=1S/C55H32N4OS/c1-2-13-33(14-3-1)34-17-12-18-37(27-34)53-56-54(38-25-26-42-41-20-8-11-24-50(41)61-51(42)30-38)58-55(57-53)45-31-39(32-49-52(45)43-21-7-10-23-48(43)60-49)59-46-22-9-6-19-40(46)44-28-35-15-4-5-16-36(35)29-47(44)59/h1-32H. The molecular formula is C55H32N4OS. The van der Waals surface area contributed by atoms with E-state index < -0.39 is 0 Å². The third-order valence-electron chi connectivity index (χ3n) is 12.0. The van der Waals surface area contributed by atoms with Gasteiger partial charge in [0.05, 0.1) is 16.7 Å². The van der Waals surface area contributed by atoms with Gasteiger partial charge in [0, 0.05) is 64.5 Å². The van der Waals surface area contributed by atoms with Crippen LogP contribution in [0.4, 0.5) is 0 Å². The van der Waals surface area contributed by atoms with Crippen molar-refractivity contribution in [3.8, 4) is 51.0 Å². The van der Waals surface area contributed by atoms with Crippen molar-refractivity contribution in [2.45, 2.75) is 0 Å². The first-order valence-corrected chi connectivity index (χ1v) is 21.2. The summed E-state index contributed by atoms with van der Waals surface area (Å²) in [5.74, 6) is 1.79. The Balaban J connectivity index is 1.10. The minimum Gasteiger partial charge on any atom is -0.456 e. The zero-order valence-corrected chi connectivity index (χ0v) is 33.4. The van der Waals surface area contributed by atoms with Crippen molar-refractivity contribution in [1.29, 1.82) is 0 Å². The Kier molecular flexibility index (Phi) is 7.41. The lowest BCUT2D eigenvalue weighted by atomic mass is 10.0. The average molecular weight is 797 g/mol. The maximum Gasteiger partial charge on any atom is 0.164 e. The van der Waals surface area contributed by atoms with Crippen LogP contribution in [0.5, 0.6) is 0 Å². The van der Waals surface area contributed by atoms with Gasteiger partial charge < -0.3 is 8.98 Å². The summed E-state index contributed by atoms with van der Waals surface area (Å²) < 4.78 is 11.5. The Morgan fingerprint density at radius 1 is 0.377 bits per heavy atom. The number of thiophene rings is 1. The van der Waals surface area contributed by atoms with Crippen LogP contribution in [0, 0.1) is 0 Å². The highest BCUT2D eigenvalue weighted by molar-refractivity contribution is 7.25. The molecular weight excluding hydrogens is 765 g/mol. The highest BCUT2D eigenvalue weighted by Crippen LogP contribution is 2.42. The van der Waals surface area contributed by atoms with Crippen LogP contribution in [0.2, 0.25) is 0 Å². The Morgan fingerprint density at radius 2 is 1.03 bits per heavy atom. The van der Waals surface area contributed by atoms with E-state index in [-0.39, 0.29) is 0 Å². The van der Waals surface area contributed by atoms with Gasteiger partial charge in [-0.05, 0) is 70.4 Å². The normalized spacial score (nSPS) is 11.9. The molecule has 13 rings (SSSR count). The van der Waals surface area contributed by atoms with Gasteiger partial charge >= 0.3 is 0 Å². The second-order valence-corrected chi connectivity index (χ2v) is 16.7. The van der Waals surface area contributed by atoms with Crippen molar-refractivity contribution in [1.82, 2.24) is 19.5 Å². The van der Waals surface area contributed by atoms with Gasteiger partial charge in [0.15, 0.2) is 17.5 Å². The largest absolute Gasteiger partial charge is 0.456 e. The summed E-state index contributed by atoms with van der Waals surface area (Å²) in [5.41, 5.74) is 9.71. The first-order chi connectivity index (χ1) is 30.2. The van der Waals surface area contributed by atoms with Crippen LogP contribution in [0.25, 0.3) is 126 Å². The summed E-state index contributed by atoms with van der Waals surface area (Å²) in [6, 6.07) is 68.6. The lowest BCUT2D eigenvalue weighted by molar-refractivity contribution is 0.668. The monoisotopic (exact) mass is 796 g/mol. The Morgan fingerprint density at radius 3 is 1.90 bits per heavy atom. The molecule has 0 atom stereocenters. The number of rotatable bonds is 5. The molecule has 0 saturated carbocycles. The number of furan rings is 1. The molecule has 4 aromatic heterocycles. The van der Waals surface area contributed by atoms with E-state index >= 15 is 0 Å². The van der Waals surface area contributed by atoms with Gasteiger partial charge in [-0.3, -0.25) is 0 Å². The minimum atomic E-state index is 0.575. The molecule has 6 heteroatoms. The predicted molar refractivity (Wildman–Crippen MR) is 254 cm³/mol. The van der Waals surface area contributed by atoms with Crippen LogP contribution in [0.1, 0.15) is 0 Å².